The lowest BCUT2D eigenvalue weighted by Gasteiger charge is -2.06. The number of nitrogens with zero attached hydrogens (tertiary/aromatic N) is 3. The molecule has 0 aliphatic carbocycles. The van der Waals surface area contributed by atoms with Gasteiger partial charge in [-0.25, -0.2) is 4.79 Å². The molecular weight excluding hydrogens is 293 g/mol. The minimum absolute atomic E-state index is 0.0956. The summed E-state index contributed by atoms with van der Waals surface area (Å²) in [6.45, 7) is -0.101. The van der Waals surface area contributed by atoms with Crippen molar-refractivity contribution >= 4 is 5.97 Å². The number of rotatable bonds is 5. The van der Waals surface area contributed by atoms with Crippen LogP contribution in [0.3, 0.4) is 0 Å². The largest absolute Gasteiger partial charge is 0.492 e. The molecule has 0 amide bonds. The van der Waals surface area contributed by atoms with E-state index in [1.807, 2.05) is 5.48 Å². The molecule has 2 aromatic heterocycles. The maximum atomic E-state index is 11.8. The summed E-state index contributed by atoms with van der Waals surface area (Å²) in [6.07, 6.45) is -1.81. The summed E-state index contributed by atoms with van der Waals surface area (Å²) >= 11 is 0. The normalized spacial score (nSPS) is 11.4. The predicted octanol–water partition coefficient (Wildman–Crippen LogP) is 1.28. The lowest BCUT2D eigenvalue weighted by Crippen LogP contribution is -2.32. The van der Waals surface area contributed by atoms with Gasteiger partial charge in [-0.2, -0.15) is 23.6 Å². The number of hydroxylamine groups is 1. The van der Waals surface area contributed by atoms with Crippen molar-refractivity contribution in [3.63, 3.8) is 0 Å². The summed E-state index contributed by atoms with van der Waals surface area (Å²) in [6, 6.07) is 3.43. The number of hydrogen-bond acceptors (Lipinski definition) is 7. The van der Waals surface area contributed by atoms with E-state index in [4.69, 9.17) is 4.52 Å². The van der Waals surface area contributed by atoms with Crippen LogP contribution in [0.5, 0.6) is 0 Å². The molecule has 0 atom stereocenters. The highest BCUT2D eigenvalue weighted by Crippen LogP contribution is 2.16. The van der Waals surface area contributed by atoms with Crippen LogP contribution in [0.1, 0.15) is 5.89 Å². The van der Waals surface area contributed by atoms with Gasteiger partial charge >= 0.3 is 12.1 Å². The molecule has 0 aliphatic heterocycles. The first kappa shape index (κ1) is 14.9. The Morgan fingerprint density at radius 2 is 2.24 bits per heavy atom. The molecule has 112 valence electrons. The van der Waals surface area contributed by atoms with Crippen molar-refractivity contribution in [3.05, 3.63) is 30.4 Å². The van der Waals surface area contributed by atoms with Gasteiger partial charge in [0.2, 0.25) is 11.7 Å². The quantitative estimate of drug-likeness (QED) is 0.657. The lowest BCUT2D eigenvalue weighted by molar-refractivity contribution is -0.206. The summed E-state index contributed by atoms with van der Waals surface area (Å²) in [5, 5.41) is 3.70. The molecule has 0 spiro atoms. The summed E-state index contributed by atoms with van der Waals surface area (Å²) in [5.41, 5.74) is 2.52. The van der Waals surface area contributed by atoms with E-state index in [0.29, 0.717) is 11.4 Å². The van der Waals surface area contributed by atoms with Crippen LogP contribution in [0.2, 0.25) is 0 Å². The minimum atomic E-state index is -5.04. The van der Waals surface area contributed by atoms with Gasteiger partial charge in [0.1, 0.15) is 0 Å². The number of carbonyl (C=O) groups excluding carboxylic acids is 1. The van der Waals surface area contributed by atoms with Crippen LogP contribution in [0.25, 0.3) is 11.4 Å². The van der Waals surface area contributed by atoms with Crippen LogP contribution in [0, 0.1) is 0 Å². The third-order valence-electron chi connectivity index (χ3n) is 2.23. The number of halogens is 3. The van der Waals surface area contributed by atoms with E-state index in [1.165, 1.54) is 6.20 Å². The molecule has 7 nitrogen and oxygen atoms in total. The topological polar surface area (TPSA) is 90.1 Å². The fraction of sp³-hybridized carbons (Fsp3) is 0.273. The fourth-order valence-electron chi connectivity index (χ4n) is 1.30. The monoisotopic (exact) mass is 302 g/mol. The highest BCUT2D eigenvalue weighted by molar-refractivity contribution is 5.75. The number of hydrogen-bond donors (Lipinski definition) is 1. The maximum Gasteiger partial charge on any atom is 0.492 e. The molecule has 0 radical (unpaired) electrons. The molecule has 0 aliphatic rings. The molecule has 0 aromatic carbocycles. The Bertz CT molecular complexity index is 600. The molecule has 0 saturated heterocycles. The van der Waals surface area contributed by atoms with Crippen molar-refractivity contribution in [2.24, 2.45) is 0 Å². The average Bonchev–Trinajstić information content (AvgIpc) is 2.92. The molecule has 0 saturated carbocycles. The number of alkyl halides is 3. The van der Waals surface area contributed by atoms with Crippen molar-refractivity contribution in [3.8, 4) is 11.4 Å². The Labute approximate surface area is 116 Å². The van der Waals surface area contributed by atoms with Gasteiger partial charge in [-0.1, -0.05) is 5.16 Å². The van der Waals surface area contributed by atoms with Crippen LogP contribution in [-0.2, 0) is 16.1 Å². The smallest absolute Gasteiger partial charge is 0.364 e. The summed E-state index contributed by atoms with van der Waals surface area (Å²) in [7, 11) is 0. The Balaban J connectivity index is 1.80. The van der Waals surface area contributed by atoms with Crippen molar-refractivity contribution in [1.29, 1.82) is 0 Å². The zero-order valence-corrected chi connectivity index (χ0v) is 10.4. The van der Waals surface area contributed by atoms with E-state index in [0.717, 1.165) is 0 Å². The van der Waals surface area contributed by atoms with Gasteiger partial charge in [0, 0.05) is 30.9 Å². The minimum Gasteiger partial charge on any atom is -0.364 e. The van der Waals surface area contributed by atoms with Gasteiger partial charge in [0.05, 0.1) is 0 Å². The van der Waals surface area contributed by atoms with E-state index in [2.05, 4.69) is 20.0 Å². The molecule has 10 heteroatoms. The number of pyridine rings is 1. The van der Waals surface area contributed by atoms with Crippen LogP contribution in [0.15, 0.2) is 29.0 Å². The zero-order valence-electron chi connectivity index (χ0n) is 10.4. The summed E-state index contributed by atoms with van der Waals surface area (Å²) in [5.74, 6) is -1.82. The predicted molar refractivity (Wildman–Crippen MR) is 61.4 cm³/mol. The first-order valence-corrected chi connectivity index (χ1v) is 5.70. The van der Waals surface area contributed by atoms with Gasteiger partial charge < -0.3 is 9.36 Å². The van der Waals surface area contributed by atoms with Gasteiger partial charge in [-0.3, -0.25) is 4.98 Å². The molecule has 0 bridgehead atoms. The molecule has 2 heterocycles. The summed E-state index contributed by atoms with van der Waals surface area (Å²) in [4.78, 5) is 22.1. The van der Waals surface area contributed by atoms with Crippen molar-refractivity contribution in [1.82, 2.24) is 20.6 Å². The van der Waals surface area contributed by atoms with Crippen LogP contribution >= 0.6 is 0 Å². The van der Waals surface area contributed by atoms with E-state index in [9.17, 15) is 18.0 Å². The number of aromatic nitrogens is 3. The zero-order chi connectivity index (χ0) is 15.3. The van der Waals surface area contributed by atoms with Crippen LogP contribution in [0.4, 0.5) is 13.2 Å². The van der Waals surface area contributed by atoms with E-state index in [1.54, 1.807) is 18.3 Å². The van der Waals surface area contributed by atoms with Gasteiger partial charge in [0.25, 0.3) is 0 Å². The highest BCUT2D eigenvalue weighted by atomic mass is 19.4. The molecule has 21 heavy (non-hydrogen) atoms. The molecule has 2 aromatic rings. The average molecular weight is 302 g/mol. The van der Waals surface area contributed by atoms with E-state index in [-0.39, 0.29) is 18.9 Å². The maximum absolute atomic E-state index is 11.8. The lowest BCUT2D eigenvalue weighted by atomic mass is 10.3. The highest BCUT2D eigenvalue weighted by Gasteiger charge is 2.41. The first-order chi connectivity index (χ1) is 9.97. The Hall–Kier alpha value is -2.49. The molecule has 2 rings (SSSR count). The summed E-state index contributed by atoms with van der Waals surface area (Å²) < 4.78 is 40.4. The molecule has 1 N–H and O–H groups in total. The fourth-order valence-corrected chi connectivity index (χ4v) is 1.30. The molecular formula is C11H9F3N4O3. The van der Waals surface area contributed by atoms with Crippen molar-refractivity contribution in [2.75, 3.05) is 6.54 Å². The Morgan fingerprint density at radius 1 is 1.43 bits per heavy atom. The molecule has 0 unspecified atom stereocenters. The van der Waals surface area contributed by atoms with Crippen LogP contribution in [-0.4, -0.2) is 33.8 Å². The first-order valence-electron chi connectivity index (χ1n) is 5.70. The van der Waals surface area contributed by atoms with E-state index >= 15 is 0 Å². The second-order valence-electron chi connectivity index (χ2n) is 3.79. The number of carbonyl (C=O) groups is 1. The SMILES string of the molecule is O=C(ONCCc1nc(-c2cccnc2)no1)C(F)(F)F. The van der Waals surface area contributed by atoms with Crippen molar-refractivity contribution in [2.45, 2.75) is 12.6 Å². The Morgan fingerprint density at radius 3 is 2.90 bits per heavy atom. The third-order valence-corrected chi connectivity index (χ3v) is 2.23. The second kappa shape index (κ2) is 6.31. The van der Waals surface area contributed by atoms with E-state index < -0.39 is 12.1 Å². The van der Waals surface area contributed by atoms with Gasteiger partial charge in [-0.05, 0) is 12.1 Å². The Kier molecular flexibility index (Phi) is 4.48. The van der Waals surface area contributed by atoms with Gasteiger partial charge in [-0.15, -0.1) is 0 Å². The van der Waals surface area contributed by atoms with Crippen LogP contribution < -0.4 is 5.48 Å². The molecule has 0 fully saturated rings. The third kappa shape index (κ3) is 4.24. The second-order valence-corrected chi connectivity index (χ2v) is 3.79. The standard InChI is InChI=1S/C11H9F3N4O3/c12-11(13,14)10(19)21-16-5-3-8-17-9(18-20-8)7-2-1-4-15-6-7/h1-2,4,6,16H,3,5H2. The van der Waals surface area contributed by atoms with Gasteiger partial charge in [0.15, 0.2) is 0 Å². The number of nitrogens with one attached hydrogen (secondary N) is 1. The van der Waals surface area contributed by atoms with Crippen molar-refractivity contribution < 1.29 is 27.3 Å².